The van der Waals surface area contributed by atoms with Crippen molar-refractivity contribution in [2.45, 2.75) is 26.3 Å². The summed E-state index contributed by atoms with van der Waals surface area (Å²) in [7, 11) is 0. The lowest BCUT2D eigenvalue weighted by molar-refractivity contribution is 0.497. The molecule has 4 heteroatoms. The lowest BCUT2D eigenvalue weighted by Gasteiger charge is -2.09. The van der Waals surface area contributed by atoms with Gasteiger partial charge in [0.05, 0.1) is 0 Å². The number of H-pyrrole nitrogens is 1. The third-order valence-corrected chi connectivity index (χ3v) is 3.62. The summed E-state index contributed by atoms with van der Waals surface area (Å²) in [5.41, 5.74) is 3.58. The van der Waals surface area contributed by atoms with Gasteiger partial charge in [-0.2, -0.15) is 15.4 Å². The molecule has 0 aliphatic heterocycles. The van der Waals surface area contributed by atoms with Crippen molar-refractivity contribution < 1.29 is 0 Å². The van der Waals surface area contributed by atoms with Crippen LogP contribution in [0.3, 0.4) is 0 Å². The largest absolute Gasteiger partial charge is 0.310 e. The predicted octanol–water partition coefficient (Wildman–Crippen LogP) is 2.36. The fourth-order valence-corrected chi connectivity index (χ4v) is 2.08. The van der Waals surface area contributed by atoms with Crippen LogP contribution < -0.4 is 5.32 Å². The molecule has 0 saturated heterocycles. The summed E-state index contributed by atoms with van der Waals surface area (Å²) >= 11 is 0. The van der Waals surface area contributed by atoms with Gasteiger partial charge in [-0.1, -0.05) is 37.3 Å². The lowest BCUT2D eigenvalue weighted by Crippen LogP contribution is -2.22. The van der Waals surface area contributed by atoms with Crippen LogP contribution >= 0.6 is 0 Å². The summed E-state index contributed by atoms with van der Waals surface area (Å²) in [6.45, 7) is 4.16. The maximum absolute atomic E-state index is 4.24. The average Bonchev–Trinajstić information content (AvgIpc) is 2.95. The Hall–Kier alpha value is -1.68. The van der Waals surface area contributed by atoms with E-state index in [-0.39, 0.29) is 0 Å². The van der Waals surface area contributed by atoms with E-state index in [0.29, 0.717) is 5.41 Å². The van der Waals surface area contributed by atoms with Gasteiger partial charge in [0.2, 0.25) is 0 Å². The molecule has 18 heavy (non-hydrogen) atoms. The lowest BCUT2D eigenvalue weighted by atomic mass is 10.1. The van der Waals surface area contributed by atoms with Crippen LogP contribution in [-0.2, 0) is 6.54 Å². The van der Waals surface area contributed by atoms with Gasteiger partial charge in [-0.15, -0.1) is 0 Å². The van der Waals surface area contributed by atoms with E-state index in [0.717, 1.165) is 30.0 Å². The molecular formula is C14H18N4. The van der Waals surface area contributed by atoms with Crippen molar-refractivity contribution in [1.29, 1.82) is 0 Å². The van der Waals surface area contributed by atoms with Gasteiger partial charge >= 0.3 is 0 Å². The molecule has 4 nitrogen and oxygen atoms in total. The van der Waals surface area contributed by atoms with Crippen molar-refractivity contribution in [2.24, 2.45) is 5.41 Å². The molecular weight excluding hydrogens is 224 g/mol. The van der Waals surface area contributed by atoms with E-state index in [2.05, 4.69) is 39.8 Å². The minimum atomic E-state index is 0.524. The topological polar surface area (TPSA) is 53.6 Å². The van der Waals surface area contributed by atoms with Gasteiger partial charge in [-0.3, -0.25) is 0 Å². The summed E-state index contributed by atoms with van der Waals surface area (Å²) in [6, 6.07) is 10.2. The van der Waals surface area contributed by atoms with E-state index in [1.54, 1.807) is 0 Å². The first-order valence-electron chi connectivity index (χ1n) is 6.43. The number of hydrogen-bond acceptors (Lipinski definition) is 3. The zero-order valence-corrected chi connectivity index (χ0v) is 10.6. The highest BCUT2D eigenvalue weighted by molar-refractivity contribution is 5.60. The zero-order chi connectivity index (χ0) is 12.4. The number of aromatic amines is 1. The highest BCUT2D eigenvalue weighted by Gasteiger charge is 2.36. The van der Waals surface area contributed by atoms with E-state index in [4.69, 9.17) is 0 Å². The molecule has 1 aliphatic rings. The minimum absolute atomic E-state index is 0.524. The highest BCUT2D eigenvalue weighted by Crippen LogP contribution is 2.44. The van der Waals surface area contributed by atoms with Gasteiger partial charge in [0.25, 0.3) is 0 Å². The second-order valence-corrected chi connectivity index (χ2v) is 5.40. The second-order valence-electron chi connectivity index (χ2n) is 5.40. The third kappa shape index (κ3) is 2.43. The molecule has 0 bridgehead atoms. The van der Waals surface area contributed by atoms with Gasteiger partial charge < -0.3 is 5.32 Å². The van der Waals surface area contributed by atoms with Crippen LogP contribution in [-0.4, -0.2) is 22.0 Å². The van der Waals surface area contributed by atoms with Crippen molar-refractivity contribution in [3.63, 3.8) is 0 Å². The zero-order valence-electron chi connectivity index (χ0n) is 10.6. The maximum Gasteiger partial charge on any atom is 0.117 e. The van der Waals surface area contributed by atoms with Crippen LogP contribution in [0.1, 0.15) is 25.5 Å². The van der Waals surface area contributed by atoms with Crippen molar-refractivity contribution in [2.75, 3.05) is 6.54 Å². The molecule has 2 N–H and O–H groups in total. The van der Waals surface area contributed by atoms with Crippen LogP contribution in [0.2, 0.25) is 0 Å². The molecule has 0 amide bonds. The summed E-state index contributed by atoms with van der Waals surface area (Å²) in [5, 5.41) is 14.7. The van der Waals surface area contributed by atoms with Crippen molar-refractivity contribution in [3.8, 4) is 11.3 Å². The molecule has 1 fully saturated rings. The molecule has 0 spiro atoms. The molecule has 3 rings (SSSR count). The van der Waals surface area contributed by atoms with Crippen molar-refractivity contribution in [3.05, 3.63) is 36.0 Å². The molecule has 0 atom stereocenters. The number of nitrogens with zero attached hydrogens (tertiary/aromatic N) is 2. The van der Waals surface area contributed by atoms with E-state index < -0.39 is 0 Å². The Morgan fingerprint density at radius 1 is 1.22 bits per heavy atom. The van der Waals surface area contributed by atoms with Crippen LogP contribution in [0, 0.1) is 5.41 Å². The highest BCUT2D eigenvalue weighted by atomic mass is 15.3. The Morgan fingerprint density at radius 2 is 2.00 bits per heavy atom. The predicted molar refractivity (Wildman–Crippen MR) is 70.9 cm³/mol. The molecule has 1 aliphatic carbocycles. The molecule has 1 aromatic carbocycles. The van der Waals surface area contributed by atoms with Gasteiger partial charge in [0, 0.05) is 18.7 Å². The maximum atomic E-state index is 4.24. The Morgan fingerprint density at radius 3 is 2.72 bits per heavy atom. The first-order chi connectivity index (χ1) is 8.77. The minimum Gasteiger partial charge on any atom is -0.310 e. The standard InChI is InChI=1S/C14H18N4/c1-14(7-8-14)10-15-9-12-13(17-18-16-12)11-5-3-2-4-6-11/h2-6,15H,7-10H2,1H3,(H,16,17,18). The number of hydrogen-bond donors (Lipinski definition) is 2. The number of rotatable bonds is 5. The summed E-state index contributed by atoms with van der Waals surface area (Å²) in [4.78, 5) is 0. The Labute approximate surface area is 107 Å². The molecule has 0 unspecified atom stereocenters. The fraction of sp³-hybridized carbons (Fsp3) is 0.429. The van der Waals surface area contributed by atoms with Crippen molar-refractivity contribution in [1.82, 2.24) is 20.7 Å². The van der Waals surface area contributed by atoms with Gasteiger partial charge in [-0.25, -0.2) is 0 Å². The van der Waals surface area contributed by atoms with E-state index >= 15 is 0 Å². The fourth-order valence-electron chi connectivity index (χ4n) is 2.08. The average molecular weight is 242 g/mol. The SMILES string of the molecule is CC1(CNCc2n[nH]nc2-c2ccccc2)CC1. The quantitative estimate of drug-likeness (QED) is 0.846. The van der Waals surface area contributed by atoms with Crippen LogP contribution in [0.4, 0.5) is 0 Å². The van der Waals surface area contributed by atoms with E-state index in [1.165, 1.54) is 12.8 Å². The normalized spacial score (nSPS) is 16.7. The smallest absolute Gasteiger partial charge is 0.117 e. The number of aromatic nitrogens is 3. The Kier molecular flexibility index (Phi) is 2.88. The molecule has 2 aromatic rings. The first-order valence-corrected chi connectivity index (χ1v) is 6.43. The molecule has 94 valence electrons. The molecule has 1 saturated carbocycles. The van der Waals surface area contributed by atoms with Crippen LogP contribution in [0.15, 0.2) is 30.3 Å². The van der Waals surface area contributed by atoms with Crippen molar-refractivity contribution >= 4 is 0 Å². The van der Waals surface area contributed by atoms with Gasteiger partial charge in [-0.05, 0) is 18.3 Å². The Bertz CT molecular complexity index is 514. The van der Waals surface area contributed by atoms with E-state index in [1.807, 2.05) is 18.2 Å². The summed E-state index contributed by atoms with van der Waals surface area (Å²) < 4.78 is 0. The number of nitrogens with one attached hydrogen (secondary N) is 2. The third-order valence-electron chi connectivity index (χ3n) is 3.62. The molecule has 1 heterocycles. The van der Waals surface area contributed by atoms with E-state index in [9.17, 15) is 0 Å². The van der Waals surface area contributed by atoms with Gasteiger partial charge in [0.1, 0.15) is 11.4 Å². The second kappa shape index (κ2) is 4.53. The summed E-state index contributed by atoms with van der Waals surface area (Å²) in [5.74, 6) is 0. The van der Waals surface area contributed by atoms with Crippen LogP contribution in [0.5, 0.6) is 0 Å². The summed E-state index contributed by atoms with van der Waals surface area (Å²) in [6.07, 6.45) is 2.68. The number of benzene rings is 1. The first kappa shape index (κ1) is 11.4. The monoisotopic (exact) mass is 242 g/mol. The Balaban J connectivity index is 1.68. The van der Waals surface area contributed by atoms with Gasteiger partial charge in [0.15, 0.2) is 0 Å². The molecule has 1 aromatic heterocycles. The molecule has 0 radical (unpaired) electrons. The van der Waals surface area contributed by atoms with Crippen LogP contribution in [0.25, 0.3) is 11.3 Å².